The third-order valence-electron chi connectivity index (χ3n) is 6.45. The Hall–Kier alpha value is -1.59. The Morgan fingerprint density at radius 2 is 1.81 bits per heavy atom. The van der Waals surface area contributed by atoms with E-state index in [1.165, 1.54) is 31.2 Å². The molecule has 0 spiro atoms. The van der Waals surface area contributed by atoms with Gasteiger partial charge in [-0.2, -0.15) is 0 Å². The minimum absolute atomic E-state index is 0.0441. The second kappa shape index (κ2) is 8.19. The molecule has 1 aliphatic heterocycles. The van der Waals surface area contributed by atoms with Crippen LogP contribution in [0, 0.1) is 6.92 Å². The molecule has 5 heteroatoms. The van der Waals surface area contributed by atoms with E-state index < -0.39 is 0 Å². The van der Waals surface area contributed by atoms with Crippen LogP contribution in [0.25, 0.3) is 11.0 Å². The summed E-state index contributed by atoms with van der Waals surface area (Å²) in [5, 5.41) is 0. The van der Waals surface area contributed by atoms with Crippen molar-refractivity contribution >= 4 is 11.0 Å². The number of benzene rings is 1. The minimum atomic E-state index is 0.0441. The zero-order valence-corrected chi connectivity index (χ0v) is 16.7. The van der Waals surface area contributed by atoms with E-state index in [9.17, 15) is 4.79 Å². The second-order valence-electron chi connectivity index (χ2n) is 8.39. The van der Waals surface area contributed by atoms with Crippen LogP contribution >= 0.6 is 0 Å². The Balaban J connectivity index is 1.36. The van der Waals surface area contributed by atoms with Gasteiger partial charge in [0.1, 0.15) is 0 Å². The molecule has 148 valence electrons. The van der Waals surface area contributed by atoms with Crippen LogP contribution in [0.15, 0.2) is 23.0 Å². The number of nitrogens with zero attached hydrogens (tertiary/aromatic N) is 2. The smallest absolute Gasteiger partial charge is 0.326 e. The summed E-state index contributed by atoms with van der Waals surface area (Å²) in [4.78, 5) is 18.2. The average Bonchev–Trinajstić information content (AvgIpc) is 3.01. The Morgan fingerprint density at radius 3 is 2.52 bits per heavy atom. The van der Waals surface area contributed by atoms with Crippen LogP contribution in [0.2, 0.25) is 0 Å². The molecule has 4 rings (SSSR count). The number of rotatable bonds is 5. The average molecular weight is 372 g/mol. The first kappa shape index (κ1) is 18.8. The first-order chi connectivity index (χ1) is 13.2. The van der Waals surface area contributed by atoms with E-state index in [-0.39, 0.29) is 5.69 Å². The molecule has 2 fully saturated rings. The number of imidazole rings is 1. The van der Waals surface area contributed by atoms with Gasteiger partial charge in [-0.1, -0.05) is 13.0 Å². The summed E-state index contributed by atoms with van der Waals surface area (Å²) < 4.78 is 7.94. The number of nitrogens with one attached hydrogen (secondary N) is 1. The molecule has 1 aromatic carbocycles. The Labute approximate surface area is 161 Å². The molecular formula is C22H33N3O2. The first-order valence-electron chi connectivity index (χ1n) is 10.7. The molecule has 0 atom stereocenters. The van der Waals surface area contributed by atoms with Crippen LogP contribution in [0.5, 0.6) is 0 Å². The van der Waals surface area contributed by atoms with Crippen molar-refractivity contribution in [1.29, 1.82) is 0 Å². The lowest BCUT2D eigenvalue weighted by atomic mass is 9.90. The lowest BCUT2D eigenvalue weighted by Crippen LogP contribution is -2.45. The van der Waals surface area contributed by atoms with Crippen LogP contribution in [0.4, 0.5) is 0 Å². The van der Waals surface area contributed by atoms with E-state index in [0.717, 1.165) is 50.0 Å². The summed E-state index contributed by atoms with van der Waals surface area (Å²) in [6, 6.07) is 7.28. The van der Waals surface area contributed by atoms with Gasteiger partial charge in [-0.3, -0.25) is 4.57 Å². The maximum absolute atomic E-state index is 12.5. The van der Waals surface area contributed by atoms with Gasteiger partial charge in [0.15, 0.2) is 0 Å². The van der Waals surface area contributed by atoms with Crippen molar-refractivity contribution in [3.05, 3.63) is 34.2 Å². The topological polar surface area (TPSA) is 50.3 Å². The summed E-state index contributed by atoms with van der Waals surface area (Å²) in [6.45, 7) is 7.34. The maximum atomic E-state index is 12.5. The van der Waals surface area contributed by atoms with Crippen molar-refractivity contribution < 1.29 is 4.74 Å². The maximum Gasteiger partial charge on any atom is 0.326 e. The van der Waals surface area contributed by atoms with E-state index >= 15 is 0 Å². The molecule has 27 heavy (non-hydrogen) atoms. The zero-order chi connectivity index (χ0) is 18.8. The molecule has 1 aliphatic carbocycles. The number of fused-ring (bicyclic) bond motifs is 1. The van der Waals surface area contributed by atoms with Gasteiger partial charge < -0.3 is 14.6 Å². The fourth-order valence-electron chi connectivity index (χ4n) is 4.98. The molecule has 0 unspecified atom stereocenters. The molecule has 0 radical (unpaired) electrons. The lowest BCUT2D eigenvalue weighted by Gasteiger charge is -2.41. The fraction of sp³-hybridized carbons (Fsp3) is 0.682. The summed E-state index contributed by atoms with van der Waals surface area (Å²) in [5.74, 6) is 0. The molecule has 5 nitrogen and oxygen atoms in total. The van der Waals surface area contributed by atoms with Crippen molar-refractivity contribution in [2.45, 2.75) is 77.0 Å². The standard InChI is InChI=1S/C22H33N3O2/c1-3-14-27-19-7-5-17(6-8-19)24-12-10-18(11-13-24)25-21-9-4-16(2)15-20(21)23-22(25)26/h4,9,15,17-19H,3,5-8,10-14H2,1-2H3,(H,23,26). The number of aromatic nitrogens is 2. The van der Waals surface area contributed by atoms with Crippen molar-refractivity contribution in [1.82, 2.24) is 14.5 Å². The third kappa shape index (κ3) is 3.99. The Kier molecular flexibility index (Phi) is 5.69. The quantitative estimate of drug-likeness (QED) is 0.864. The van der Waals surface area contributed by atoms with Crippen LogP contribution < -0.4 is 5.69 Å². The van der Waals surface area contributed by atoms with Gasteiger partial charge in [-0.05, 0) is 69.6 Å². The van der Waals surface area contributed by atoms with Gasteiger partial charge >= 0.3 is 5.69 Å². The number of aryl methyl sites for hydroxylation is 1. The number of H-pyrrole nitrogens is 1. The molecule has 2 aromatic rings. The van der Waals surface area contributed by atoms with E-state index in [1.54, 1.807) is 0 Å². The molecule has 1 aromatic heterocycles. The third-order valence-corrected chi connectivity index (χ3v) is 6.45. The second-order valence-corrected chi connectivity index (χ2v) is 8.39. The number of piperidine rings is 1. The molecule has 2 aliphatic rings. The molecule has 1 saturated heterocycles. The number of hydrogen-bond donors (Lipinski definition) is 1. The van der Waals surface area contributed by atoms with Crippen molar-refractivity contribution in [3.8, 4) is 0 Å². The fourth-order valence-corrected chi connectivity index (χ4v) is 4.98. The highest BCUT2D eigenvalue weighted by Gasteiger charge is 2.30. The van der Waals surface area contributed by atoms with E-state index in [2.05, 4.69) is 41.9 Å². The number of likely N-dealkylation sites (tertiary alicyclic amines) is 1. The van der Waals surface area contributed by atoms with Gasteiger partial charge in [0.25, 0.3) is 0 Å². The van der Waals surface area contributed by atoms with E-state index in [4.69, 9.17) is 4.74 Å². The highest BCUT2D eigenvalue weighted by Crippen LogP contribution is 2.31. The zero-order valence-electron chi connectivity index (χ0n) is 16.7. The largest absolute Gasteiger partial charge is 0.378 e. The van der Waals surface area contributed by atoms with Gasteiger partial charge in [-0.25, -0.2) is 4.79 Å². The normalized spacial score (nSPS) is 25.3. The van der Waals surface area contributed by atoms with Crippen LogP contribution in [-0.4, -0.2) is 46.3 Å². The van der Waals surface area contributed by atoms with E-state index in [1.807, 2.05) is 4.57 Å². The molecule has 1 N–H and O–H groups in total. The first-order valence-corrected chi connectivity index (χ1v) is 10.7. The number of aromatic amines is 1. The summed E-state index contributed by atoms with van der Waals surface area (Å²) >= 11 is 0. The molecule has 2 heterocycles. The predicted molar refractivity (Wildman–Crippen MR) is 109 cm³/mol. The van der Waals surface area contributed by atoms with Gasteiger partial charge in [0.2, 0.25) is 0 Å². The van der Waals surface area contributed by atoms with Gasteiger partial charge in [-0.15, -0.1) is 0 Å². The summed E-state index contributed by atoms with van der Waals surface area (Å²) in [6.07, 6.45) is 8.63. The van der Waals surface area contributed by atoms with Crippen LogP contribution in [0.1, 0.15) is 63.5 Å². The highest BCUT2D eigenvalue weighted by atomic mass is 16.5. The molecule has 0 amide bonds. The van der Waals surface area contributed by atoms with Crippen LogP contribution in [0.3, 0.4) is 0 Å². The van der Waals surface area contributed by atoms with Crippen LogP contribution in [-0.2, 0) is 4.74 Å². The van der Waals surface area contributed by atoms with Gasteiger partial charge in [0, 0.05) is 31.8 Å². The Morgan fingerprint density at radius 1 is 1.07 bits per heavy atom. The SMILES string of the molecule is CCCOC1CCC(N2CCC(n3c(=O)[nH]c4cc(C)ccc43)CC2)CC1. The van der Waals surface area contributed by atoms with Crippen molar-refractivity contribution in [3.63, 3.8) is 0 Å². The summed E-state index contributed by atoms with van der Waals surface area (Å²) in [7, 11) is 0. The van der Waals surface area contributed by atoms with E-state index in [0.29, 0.717) is 18.2 Å². The Bertz CT molecular complexity index is 809. The molecule has 1 saturated carbocycles. The van der Waals surface area contributed by atoms with Crippen molar-refractivity contribution in [2.24, 2.45) is 0 Å². The lowest BCUT2D eigenvalue weighted by molar-refractivity contribution is 0.00254. The summed E-state index contributed by atoms with van der Waals surface area (Å²) in [5.41, 5.74) is 3.25. The number of ether oxygens (including phenoxy) is 1. The highest BCUT2D eigenvalue weighted by molar-refractivity contribution is 5.76. The van der Waals surface area contributed by atoms with Crippen molar-refractivity contribution in [2.75, 3.05) is 19.7 Å². The minimum Gasteiger partial charge on any atom is -0.378 e. The van der Waals surface area contributed by atoms with Gasteiger partial charge in [0.05, 0.1) is 17.1 Å². The predicted octanol–water partition coefficient (Wildman–Crippen LogP) is 4.01. The molecular weight excluding hydrogens is 338 g/mol. The molecule has 0 bridgehead atoms. The number of hydrogen-bond acceptors (Lipinski definition) is 3. The monoisotopic (exact) mass is 371 g/mol.